The molecule has 0 bridgehead atoms. The number of halogens is 4. The van der Waals surface area contributed by atoms with Crippen molar-refractivity contribution in [3.05, 3.63) is 82.4 Å². The number of fused-ring (bicyclic) bond motifs is 1. The summed E-state index contributed by atoms with van der Waals surface area (Å²) < 4.78 is 67.9. The molecule has 4 rings (SSSR count). The minimum Gasteiger partial charge on any atom is -0.207 e. The van der Waals surface area contributed by atoms with E-state index >= 15 is 0 Å². The molecular formula is C22H19ClF3NO2S. The van der Waals surface area contributed by atoms with Crippen LogP contribution >= 0.6 is 11.6 Å². The van der Waals surface area contributed by atoms with E-state index in [1.165, 1.54) is 10.4 Å². The second-order valence-corrected chi connectivity index (χ2v) is 9.60. The highest BCUT2D eigenvalue weighted by atomic mass is 35.5. The van der Waals surface area contributed by atoms with Crippen molar-refractivity contribution < 1.29 is 21.6 Å². The van der Waals surface area contributed by atoms with E-state index in [1.807, 2.05) is 12.2 Å². The number of hydrogen-bond acceptors (Lipinski definition) is 2. The van der Waals surface area contributed by atoms with Gasteiger partial charge in [-0.05, 0) is 60.2 Å². The van der Waals surface area contributed by atoms with E-state index in [9.17, 15) is 21.6 Å². The van der Waals surface area contributed by atoms with Gasteiger partial charge in [-0.2, -0.15) is 17.5 Å². The second-order valence-electron chi connectivity index (χ2n) is 7.30. The molecule has 0 amide bonds. The quantitative estimate of drug-likeness (QED) is 0.540. The molecule has 0 saturated carbocycles. The van der Waals surface area contributed by atoms with Gasteiger partial charge in [0, 0.05) is 6.54 Å². The zero-order valence-corrected chi connectivity index (χ0v) is 17.4. The SMILES string of the molecule is O=S(=O)(c1ccccc1)N1CCC(c2ccc(Cl)c(C(F)(F)F)c2)=C2CC=CCC21. The molecular weight excluding hydrogens is 435 g/mol. The lowest BCUT2D eigenvalue weighted by Crippen LogP contribution is -2.45. The Morgan fingerprint density at radius 3 is 2.47 bits per heavy atom. The highest BCUT2D eigenvalue weighted by molar-refractivity contribution is 7.89. The number of hydrogen-bond donors (Lipinski definition) is 0. The summed E-state index contributed by atoms with van der Waals surface area (Å²) in [5, 5.41) is -0.346. The Balaban J connectivity index is 1.78. The van der Waals surface area contributed by atoms with E-state index in [-0.39, 0.29) is 16.5 Å². The van der Waals surface area contributed by atoms with Crippen molar-refractivity contribution in [2.45, 2.75) is 36.4 Å². The Bertz CT molecular complexity index is 1120. The van der Waals surface area contributed by atoms with Gasteiger partial charge in [0.25, 0.3) is 0 Å². The molecule has 1 heterocycles. The molecule has 1 atom stereocenters. The van der Waals surface area contributed by atoms with Crippen molar-refractivity contribution in [1.29, 1.82) is 0 Å². The predicted molar refractivity (Wildman–Crippen MR) is 110 cm³/mol. The minimum absolute atomic E-state index is 0.207. The van der Waals surface area contributed by atoms with Crippen LogP contribution in [0.5, 0.6) is 0 Å². The molecule has 2 aromatic rings. The van der Waals surface area contributed by atoms with Crippen LogP contribution in [0.1, 0.15) is 30.4 Å². The third-order valence-electron chi connectivity index (χ3n) is 5.55. The van der Waals surface area contributed by atoms with Gasteiger partial charge < -0.3 is 0 Å². The monoisotopic (exact) mass is 453 g/mol. The van der Waals surface area contributed by atoms with Crippen LogP contribution < -0.4 is 0 Å². The molecule has 0 fully saturated rings. The first-order chi connectivity index (χ1) is 14.2. The zero-order valence-electron chi connectivity index (χ0n) is 15.9. The maximum Gasteiger partial charge on any atom is 0.417 e. The average molecular weight is 454 g/mol. The van der Waals surface area contributed by atoms with Crippen molar-refractivity contribution in [3.63, 3.8) is 0 Å². The molecule has 2 aromatic carbocycles. The van der Waals surface area contributed by atoms with Crippen LogP contribution in [0.25, 0.3) is 5.57 Å². The summed E-state index contributed by atoms with van der Waals surface area (Å²) in [5.74, 6) is 0. The summed E-state index contributed by atoms with van der Waals surface area (Å²) in [6, 6.07) is 11.7. The topological polar surface area (TPSA) is 37.4 Å². The van der Waals surface area contributed by atoms with Crippen molar-refractivity contribution in [3.8, 4) is 0 Å². The van der Waals surface area contributed by atoms with Gasteiger partial charge in [-0.25, -0.2) is 8.42 Å². The van der Waals surface area contributed by atoms with Crippen LogP contribution in [0.3, 0.4) is 0 Å². The summed E-state index contributed by atoms with van der Waals surface area (Å²) in [6.45, 7) is 0.207. The van der Waals surface area contributed by atoms with Crippen molar-refractivity contribution in [2.75, 3.05) is 6.54 Å². The van der Waals surface area contributed by atoms with E-state index in [4.69, 9.17) is 11.6 Å². The summed E-state index contributed by atoms with van der Waals surface area (Å²) in [7, 11) is -3.71. The lowest BCUT2D eigenvalue weighted by atomic mass is 9.83. The molecule has 30 heavy (non-hydrogen) atoms. The molecule has 3 nitrogen and oxygen atoms in total. The normalized spacial score (nSPS) is 20.3. The van der Waals surface area contributed by atoms with Gasteiger partial charge in [0.15, 0.2) is 0 Å². The molecule has 0 radical (unpaired) electrons. The zero-order chi connectivity index (χ0) is 21.5. The Kier molecular flexibility index (Phi) is 5.55. The van der Waals surface area contributed by atoms with Crippen molar-refractivity contribution in [2.24, 2.45) is 0 Å². The Labute approximate surface area is 178 Å². The molecule has 0 aromatic heterocycles. The molecule has 0 N–H and O–H groups in total. The average Bonchev–Trinajstić information content (AvgIpc) is 2.73. The van der Waals surface area contributed by atoms with E-state index in [0.717, 1.165) is 17.2 Å². The first-order valence-corrected chi connectivity index (χ1v) is 11.3. The maximum atomic E-state index is 13.3. The summed E-state index contributed by atoms with van der Waals surface area (Å²) in [6.07, 6.45) is 0.639. The van der Waals surface area contributed by atoms with Gasteiger partial charge in [-0.3, -0.25) is 0 Å². The van der Waals surface area contributed by atoms with E-state index in [1.54, 1.807) is 36.4 Å². The lowest BCUT2D eigenvalue weighted by Gasteiger charge is -2.39. The minimum atomic E-state index is -4.55. The van der Waals surface area contributed by atoms with Gasteiger partial charge in [0.05, 0.1) is 21.5 Å². The van der Waals surface area contributed by atoms with Crippen LogP contribution in [0.15, 0.2) is 71.2 Å². The molecule has 1 aliphatic carbocycles. The van der Waals surface area contributed by atoms with Gasteiger partial charge in [0.1, 0.15) is 0 Å². The number of alkyl halides is 3. The molecule has 1 unspecified atom stereocenters. The molecule has 8 heteroatoms. The van der Waals surface area contributed by atoms with Gasteiger partial charge in [-0.15, -0.1) is 0 Å². The van der Waals surface area contributed by atoms with Crippen LogP contribution in [-0.4, -0.2) is 25.3 Å². The first kappa shape index (κ1) is 21.2. The molecule has 0 spiro atoms. The van der Waals surface area contributed by atoms with E-state index < -0.39 is 27.8 Å². The largest absolute Gasteiger partial charge is 0.417 e. The molecule has 0 saturated heterocycles. The maximum absolute atomic E-state index is 13.3. The fourth-order valence-electron chi connectivity index (χ4n) is 4.14. The lowest BCUT2D eigenvalue weighted by molar-refractivity contribution is -0.137. The van der Waals surface area contributed by atoms with Crippen LogP contribution in [0, 0.1) is 0 Å². The number of sulfonamides is 1. The number of allylic oxidation sites excluding steroid dienone is 1. The van der Waals surface area contributed by atoms with Crippen LogP contribution in [0.4, 0.5) is 13.2 Å². The number of nitrogens with zero attached hydrogens (tertiary/aromatic N) is 1. The smallest absolute Gasteiger partial charge is 0.207 e. The molecule has 1 aliphatic heterocycles. The van der Waals surface area contributed by atoms with Crippen LogP contribution in [-0.2, 0) is 16.2 Å². The number of rotatable bonds is 3. The van der Waals surface area contributed by atoms with Gasteiger partial charge in [0.2, 0.25) is 10.0 Å². The summed E-state index contributed by atoms with van der Waals surface area (Å²) in [4.78, 5) is 0.216. The van der Waals surface area contributed by atoms with Crippen molar-refractivity contribution in [1.82, 2.24) is 4.31 Å². The third-order valence-corrected chi connectivity index (χ3v) is 7.81. The highest BCUT2D eigenvalue weighted by Crippen LogP contribution is 2.42. The van der Waals surface area contributed by atoms with Gasteiger partial charge >= 0.3 is 6.18 Å². The molecule has 2 aliphatic rings. The molecule has 158 valence electrons. The predicted octanol–water partition coefficient (Wildman–Crippen LogP) is 5.93. The fraction of sp³-hybridized carbons (Fsp3) is 0.273. The third kappa shape index (κ3) is 3.82. The first-order valence-electron chi connectivity index (χ1n) is 9.50. The van der Waals surface area contributed by atoms with E-state index in [0.29, 0.717) is 24.8 Å². The van der Waals surface area contributed by atoms with Crippen LogP contribution in [0.2, 0.25) is 5.02 Å². The van der Waals surface area contributed by atoms with E-state index in [2.05, 4.69) is 0 Å². The standard InChI is InChI=1S/C22H19ClF3NO2S/c23-20-11-10-15(14-19(20)22(24,25)26)17-12-13-27(21-9-5-4-8-18(17)21)30(28,29)16-6-2-1-3-7-16/h1-7,10-11,14,21H,8-9,12-13H2. The Morgan fingerprint density at radius 1 is 1.03 bits per heavy atom. The second kappa shape index (κ2) is 7.87. The van der Waals surface area contributed by atoms with Crippen molar-refractivity contribution >= 4 is 27.2 Å². The summed E-state index contributed by atoms with van der Waals surface area (Å²) in [5.41, 5.74) is 1.18. The summed E-state index contributed by atoms with van der Waals surface area (Å²) >= 11 is 5.77. The Morgan fingerprint density at radius 2 is 1.77 bits per heavy atom. The fourth-order valence-corrected chi connectivity index (χ4v) is 6.02. The Hall–Kier alpha value is -2.09. The highest BCUT2D eigenvalue weighted by Gasteiger charge is 2.39. The number of benzene rings is 2. The van der Waals surface area contributed by atoms with Gasteiger partial charge in [-0.1, -0.05) is 48.0 Å².